The molecule has 1 N–H and O–H groups in total. The Balaban J connectivity index is 1.37. The minimum atomic E-state index is -0.829. The topological polar surface area (TPSA) is 75.7 Å². The van der Waals surface area contributed by atoms with E-state index in [0.717, 1.165) is 42.6 Å². The van der Waals surface area contributed by atoms with E-state index in [1.54, 1.807) is 4.90 Å². The van der Waals surface area contributed by atoms with Gasteiger partial charge in [-0.15, -0.1) is 0 Å². The SMILES string of the molecule is O=C(COC(=O)C1CCCCC1C(=O)N1CCc2ccccc21)Nc1cc(F)cc(F)c1. The predicted octanol–water partition coefficient (Wildman–Crippen LogP) is 3.84. The molecule has 2 atom stereocenters. The van der Waals surface area contributed by atoms with Crippen LogP contribution in [0, 0.1) is 23.5 Å². The van der Waals surface area contributed by atoms with Crippen LogP contribution in [0.25, 0.3) is 0 Å². The van der Waals surface area contributed by atoms with Gasteiger partial charge in [-0.05, 0) is 43.0 Å². The molecule has 1 saturated carbocycles. The molecule has 0 bridgehead atoms. The minimum Gasteiger partial charge on any atom is -0.455 e. The zero-order valence-electron chi connectivity index (χ0n) is 17.5. The molecule has 1 fully saturated rings. The van der Waals surface area contributed by atoms with E-state index in [1.807, 2.05) is 24.3 Å². The summed E-state index contributed by atoms with van der Waals surface area (Å²) in [6.07, 6.45) is 3.54. The Bertz CT molecular complexity index is 1020. The molecule has 0 saturated heterocycles. The lowest BCUT2D eigenvalue weighted by atomic mass is 9.78. The van der Waals surface area contributed by atoms with Crippen LogP contribution >= 0.6 is 0 Å². The molecule has 1 heterocycles. The summed E-state index contributed by atoms with van der Waals surface area (Å²) in [5.74, 6) is -4.18. The van der Waals surface area contributed by atoms with Gasteiger partial charge in [0, 0.05) is 24.0 Å². The van der Waals surface area contributed by atoms with Gasteiger partial charge in [0.05, 0.1) is 11.8 Å². The molecule has 1 aliphatic heterocycles. The number of rotatable bonds is 5. The number of anilines is 2. The Morgan fingerprint density at radius 2 is 1.69 bits per heavy atom. The van der Waals surface area contributed by atoms with Gasteiger partial charge in [-0.2, -0.15) is 0 Å². The maximum Gasteiger partial charge on any atom is 0.310 e. The molecular weight excluding hydrogens is 418 g/mol. The Hall–Kier alpha value is -3.29. The third-order valence-electron chi connectivity index (χ3n) is 6.03. The summed E-state index contributed by atoms with van der Waals surface area (Å²) in [4.78, 5) is 39.9. The average molecular weight is 442 g/mol. The van der Waals surface area contributed by atoms with Gasteiger partial charge in [0.15, 0.2) is 6.61 Å². The summed E-state index contributed by atoms with van der Waals surface area (Å²) in [6.45, 7) is -0.00995. The normalized spacial score (nSPS) is 19.9. The number of benzene rings is 2. The van der Waals surface area contributed by atoms with Crippen molar-refractivity contribution in [3.63, 3.8) is 0 Å². The van der Waals surface area contributed by atoms with Crippen molar-refractivity contribution in [3.8, 4) is 0 Å². The Morgan fingerprint density at radius 1 is 1.00 bits per heavy atom. The van der Waals surface area contributed by atoms with E-state index < -0.39 is 42.0 Å². The summed E-state index contributed by atoms with van der Waals surface area (Å²) >= 11 is 0. The summed E-state index contributed by atoms with van der Waals surface area (Å²) < 4.78 is 31.7. The van der Waals surface area contributed by atoms with Crippen LogP contribution in [0.2, 0.25) is 0 Å². The summed E-state index contributed by atoms with van der Waals surface area (Å²) in [5.41, 5.74) is 1.93. The fourth-order valence-corrected chi connectivity index (χ4v) is 4.54. The molecule has 0 radical (unpaired) electrons. The second-order valence-corrected chi connectivity index (χ2v) is 8.18. The van der Waals surface area contributed by atoms with Crippen molar-refractivity contribution in [2.75, 3.05) is 23.4 Å². The molecule has 0 aromatic heterocycles. The number of para-hydroxylation sites is 1. The minimum absolute atomic E-state index is 0.0676. The lowest BCUT2D eigenvalue weighted by Crippen LogP contribution is -2.42. The molecule has 1 aliphatic carbocycles. The second kappa shape index (κ2) is 9.46. The smallest absolute Gasteiger partial charge is 0.310 e. The number of nitrogens with zero attached hydrogens (tertiary/aromatic N) is 1. The van der Waals surface area contributed by atoms with Gasteiger partial charge in [-0.1, -0.05) is 31.0 Å². The molecular formula is C24H24F2N2O4. The van der Waals surface area contributed by atoms with Crippen molar-refractivity contribution in [1.29, 1.82) is 0 Å². The van der Waals surface area contributed by atoms with Crippen LogP contribution in [0.4, 0.5) is 20.2 Å². The first-order valence-electron chi connectivity index (χ1n) is 10.7. The Kier molecular flexibility index (Phi) is 6.48. The zero-order valence-corrected chi connectivity index (χ0v) is 17.5. The zero-order chi connectivity index (χ0) is 22.7. The fourth-order valence-electron chi connectivity index (χ4n) is 4.54. The van der Waals surface area contributed by atoms with Crippen LogP contribution < -0.4 is 10.2 Å². The predicted molar refractivity (Wildman–Crippen MR) is 114 cm³/mol. The first-order valence-corrected chi connectivity index (χ1v) is 10.7. The molecule has 32 heavy (non-hydrogen) atoms. The Morgan fingerprint density at radius 3 is 2.44 bits per heavy atom. The van der Waals surface area contributed by atoms with Gasteiger partial charge >= 0.3 is 5.97 Å². The van der Waals surface area contributed by atoms with Crippen molar-refractivity contribution in [3.05, 3.63) is 59.7 Å². The largest absolute Gasteiger partial charge is 0.455 e. The van der Waals surface area contributed by atoms with Gasteiger partial charge in [-0.25, -0.2) is 8.78 Å². The van der Waals surface area contributed by atoms with Gasteiger partial charge in [0.2, 0.25) is 5.91 Å². The van der Waals surface area contributed by atoms with Crippen LogP contribution in [0.1, 0.15) is 31.2 Å². The lowest BCUT2D eigenvalue weighted by molar-refractivity contribution is -0.156. The number of hydrogen-bond acceptors (Lipinski definition) is 4. The highest BCUT2D eigenvalue weighted by Gasteiger charge is 2.40. The molecule has 0 spiro atoms. The summed E-state index contributed by atoms with van der Waals surface area (Å²) in [7, 11) is 0. The number of fused-ring (bicyclic) bond motifs is 1. The van der Waals surface area contributed by atoms with Gasteiger partial charge < -0.3 is 15.0 Å². The fraction of sp³-hybridized carbons (Fsp3) is 0.375. The van der Waals surface area contributed by atoms with Gasteiger partial charge in [0.1, 0.15) is 11.6 Å². The van der Waals surface area contributed by atoms with Crippen LogP contribution in [-0.2, 0) is 25.5 Å². The molecule has 8 heteroatoms. The quantitative estimate of drug-likeness (QED) is 0.714. The molecule has 2 unspecified atom stereocenters. The van der Waals surface area contributed by atoms with E-state index >= 15 is 0 Å². The molecule has 2 aromatic carbocycles. The van der Waals surface area contributed by atoms with E-state index in [-0.39, 0.29) is 11.6 Å². The van der Waals surface area contributed by atoms with Crippen molar-refractivity contribution < 1.29 is 27.9 Å². The van der Waals surface area contributed by atoms with Crippen molar-refractivity contribution in [2.24, 2.45) is 11.8 Å². The highest BCUT2D eigenvalue weighted by atomic mass is 19.1. The molecule has 2 aliphatic rings. The van der Waals surface area contributed by atoms with E-state index in [2.05, 4.69) is 5.32 Å². The van der Waals surface area contributed by atoms with Gasteiger partial charge in [0.25, 0.3) is 5.91 Å². The van der Waals surface area contributed by atoms with Crippen LogP contribution in [0.5, 0.6) is 0 Å². The molecule has 6 nitrogen and oxygen atoms in total. The van der Waals surface area contributed by atoms with E-state index in [9.17, 15) is 23.2 Å². The number of carbonyl (C=O) groups is 3. The number of hydrogen-bond donors (Lipinski definition) is 1. The summed E-state index contributed by atoms with van der Waals surface area (Å²) in [5, 5.41) is 2.30. The van der Waals surface area contributed by atoms with Gasteiger partial charge in [-0.3, -0.25) is 14.4 Å². The highest BCUT2D eigenvalue weighted by Crippen LogP contribution is 2.36. The van der Waals surface area contributed by atoms with Crippen molar-refractivity contribution in [1.82, 2.24) is 0 Å². The number of nitrogens with one attached hydrogen (secondary N) is 1. The van der Waals surface area contributed by atoms with E-state index in [1.165, 1.54) is 0 Å². The first kappa shape index (κ1) is 21.9. The standard InChI is InChI=1S/C24H24F2N2O4/c25-16-11-17(26)13-18(12-16)27-22(29)14-32-24(31)20-7-3-2-6-19(20)23(30)28-10-9-15-5-1-4-8-21(15)28/h1,4-5,8,11-13,19-20H,2-3,6-7,9-10,14H2,(H,27,29). The van der Waals surface area contributed by atoms with Crippen LogP contribution in [0.15, 0.2) is 42.5 Å². The lowest BCUT2D eigenvalue weighted by Gasteiger charge is -2.32. The van der Waals surface area contributed by atoms with E-state index in [4.69, 9.17) is 4.74 Å². The third kappa shape index (κ3) is 4.79. The van der Waals surface area contributed by atoms with Crippen LogP contribution in [-0.4, -0.2) is 30.9 Å². The van der Waals surface area contributed by atoms with Crippen LogP contribution in [0.3, 0.4) is 0 Å². The monoisotopic (exact) mass is 442 g/mol. The second-order valence-electron chi connectivity index (χ2n) is 8.18. The Labute approximate surface area is 184 Å². The number of halogens is 2. The molecule has 2 aromatic rings. The average Bonchev–Trinajstić information content (AvgIpc) is 3.20. The number of ether oxygens (including phenoxy) is 1. The molecule has 2 amide bonds. The summed E-state index contributed by atoms with van der Waals surface area (Å²) in [6, 6.07) is 10.4. The maximum atomic E-state index is 13.3. The number of carbonyl (C=O) groups excluding carboxylic acids is 3. The van der Waals surface area contributed by atoms with Crippen molar-refractivity contribution >= 4 is 29.2 Å². The number of esters is 1. The maximum absolute atomic E-state index is 13.3. The van der Waals surface area contributed by atoms with Crippen molar-refractivity contribution in [2.45, 2.75) is 32.1 Å². The number of amides is 2. The third-order valence-corrected chi connectivity index (χ3v) is 6.03. The first-order chi connectivity index (χ1) is 15.4. The molecule has 4 rings (SSSR count). The molecule has 168 valence electrons. The van der Waals surface area contributed by atoms with E-state index in [0.29, 0.717) is 25.5 Å². The highest BCUT2D eigenvalue weighted by molar-refractivity contribution is 5.99.